The molecule has 8 nitrogen and oxygen atoms in total. The van der Waals surface area contributed by atoms with E-state index in [9.17, 15) is 17.6 Å². The number of fused-ring (bicyclic) bond motifs is 1. The van der Waals surface area contributed by atoms with Crippen molar-refractivity contribution in [2.75, 3.05) is 10.8 Å². The van der Waals surface area contributed by atoms with Gasteiger partial charge in [-0.2, -0.15) is 8.42 Å². The van der Waals surface area contributed by atoms with Gasteiger partial charge < -0.3 is 9.67 Å². The number of pyridine rings is 1. The highest BCUT2D eigenvalue weighted by Crippen LogP contribution is 2.42. The van der Waals surface area contributed by atoms with E-state index < -0.39 is 16.0 Å². The molecule has 0 saturated heterocycles. The molecule has 3 heterocycles. The number of aliphatic carboxylic acids is 1. The second kappa shape index (κ2) is 11.7. The Kier molecular flexibility index (Phi) is 8.54. The van der Waals surface area contributed by atoms with Gasteiger partial charge in [-0.25, -0.2) is 18.7 Å². The Bertz CT molecular complexity index is 1480. The Morgan fingerprint density at radius 1 is 1.21 bits per heavy atom. The van der Waals surface area contributed by atoms with Crippen LogP contribution in [0.15, 0.2) is 47.9 Å². The van der Waals surface area contributed by atoms with Crippen LogP contribution in [0.2, 0.25) is 0 Å². The Morgan fingerprint density at radius 3 is 2.54 bits per heavy atom. The fraction of sp³-hybridized carbons (Fsp3) is 0.414. The average Bonchev–Trinajstić information content (AvgIpc) is 3.33. The molecule has 0 amide bonds. The number of rotatable bonds is 10. The molecule has 1 aliphatic heterocycles. The lowest BCUT2D eigenvalue weighted by Gasteiger charge is -2.32. The molecule has 0 spiro atoms. The second-order valence-corrected chi connectivity index (χ2v) is 12.3. The molecule has 1 aromatic carbocycles. The molecule has 4 rings (SSSR count). The maximum Gasteiger partial charge on any atom is 0.303 e. The lowest BCUT2D eigenvalue weighted by molar-refractivity contribution is -0.138. The summed E-state index contributed by atoms with van der Waals surface area (Å²) in [4.78, 5) is 20.1. The Hall–Kier alpha value is -3.53. The number of benzene rings is 1. The van der Waals surface area contributed by atoms with Crippen LogP contribution in [-0.2, 0) is 28.3 Å². The van der Waals surface area contributed by atoms with Crippen LogP contribution in [0.4, 0.5) is 10.2 Å². The second-order valence-electron chi connectivity index (χ2n) is 10.5. The van der Waals surface area contributed by atoms with Crippen LogP contribution in [0.25, 0.3) is 17.2 Å². The Morgan fingerprint density at radius 2 is 1.92 bits per heavy atom. The van der Waals surface area contributed by atoms with E-state index >= 15 is 0 Å². The highest BCUT2D eigenvalue weighted by atomic mass is 32.2. The predicted octanol–water partition coefficient (Wildman–Crippen LogP) is 5.79. The molecule has 39 heavy (non-hydrogen) atoms. The molecule has 208 valence electrons. The van der Waals surface area contributed by atoms with Crippen molar-refractivity contribution in [2.45, 2.75) is 63.8 Å². The molecule has 0 saturated carbocycles. The van der Waals surface area contributed by atoms with Crippen molar-refractivity contribution >= 4 is 27.9 Å². The van der Waals surface area contributed by atoms with Gasteiger partial charge in [-0.15, -0.1) is 0 Å². The summed E-state index contributed by atoms with van der Waals surface area (Å²) in [6.07, 6.45) is 9.71. The van der Waals surface area contributed by atoms with Gasteiger partial charge in [0, 0.05) is 37.3 Å². The van der Waals surface area contributed by atoms with Gasteiger partial charge in [-0.1, -0.05) is 45.1 Å². The number of hydrogen-bond acceptors (Lipinski definition) is 5. The van der Waals surface area contributed by atoms with Crippen molar-refractivity contribution < 1.29 is 22.7 Å². The van der Waals surface area contributed by atoms with Crippen molar-refractivity contribution in [3.05, 3.63) is 65.5 Å². The van der Waals surface area contributed by atoms with Crippen LogP contribution in [0.1, 0.15) is 69.2 Å². The molecular formula is C29H35FN4O4S. The minimum atomic E-state index is -3.94. The first-order valence-electron chi connectivity index (χ1n) is 13.2. The summed E-state index contributed by atoms with van der Waals surface area (Å²) in [5.74, 6) is -0.755. The van der Waals surface area contributed by atoms with Crippen molar-refractivity contribution in [3.63, 3.8) is 0 Å². The zero-order valence-corrected chi connectivity index (χ0v) is 23.6. The van der Waals surface area contributed by atoms with E-state index in [0.717, 1.165) is 34.4 Å². The number of sulfonamides is 1. The molecule has 0 fully saturated rings. The van der Waals surface area contributed by atoms with E-state index in [-0.39, 0.29) is 35.6 Å². The zero-order valence-electron chi connectivity index (χ0n) is 22.8. The number of carboxylic acid groups (broad SMARTS) is 1. The number of aryl methyl sites for hydroxylation is 1. The highest BCUT2D eigenvalue weighted by Gasteiger charge is 2.35. The van der Waals surface area contributed by atoms with Crippen LogP contribution in [0, 0.1) is 11.7 Å². The first-order valence-corrected chi connectivity index (χ1v) is 14.6. The van der Waals surface area contributed by atoms with Gasteiger partial charge in [0.15, 0.2) is 5.03 Å². The molecule has 3 aromatic rings. The first kappa shape index (κ1) is 28.5. The van der Waals surface area contributed by atoms with Crippen molar-refractivity contribution in [2.24, 2.45) is 13.0 Å². The van der Waals surface area contributed by atoms with Crippen LogP contribution >= 0.6 is 0 Å². The van der Waals surface area contributed by atoms with Gasteiger partial charge in [-0.3, -0.25) is 4.79 Å². The molecule has 1 N–H and O–H groups in total. The number of anilines is 1. The van der Waals surface area contributed by atoms with E-state index in [2.05, 4.69) is 4.98 Å². The quantitative estimate of drug-likeness (QED) is 0.340. The fourth-order valence-electron chi connectivity index (χ4n) is 5.00. The maximum atomic E-state index is 13.9. The zero-order chi connectivity index (χ0) is 28.3. The van der Waals surface area contributed by atoms with E-state index in [1.54, 1.807) is 23.7 Å². The van der Waals surface area contributed by atoms with Gasteiger partial charge in [0.25, 0.3) is 10.0 Å². The highest BCUT2D eigenvalue weighted by molar-refractivity contribution is 7.92. The molecule has 1 atom stereocenters. The third-order valence-corrected chi connectivity index (χ3v) is 8.59. The van der Waals surface area contributed by atoms with Gasteiger partial charge in [-0.05, 0) is 60.8 Å². The number of allylic oxidation sites excluding steroid dienone is 1. The summed E-state index contributed by atoms with van der Waals surface area (Å²) >= 11 is 0. The fourth-order valence-corrected chi connectivity index (χ4v) is 6.45. The number of halogens is 1. The lowest BCUT2D eigenvalue weighted by atomic mass is 9.87. The van der Waals surface area contributed by atoms with E-state index in [4.69, 9.17) is 10.1 Å². The van der Waals surface area contributed by atoms with Crippen LogP contribution in [0.3, 0.4) is 0 Å². The molecular weight excluding hydrogens is 519 g/mol. The summed E-state index contributed by atoms with van der Waals surface area (Å²) in [6, 6.07) is 6.24. The summed E-state index contributed by atoms with van der Waals surface area (Å²) in [6.45, 7) is 6.23. The third-order valence-electron chi connectivity index (χ3n) is 6.92. The van der Waals surface area contributed by atoms with Crippen molar-refractivity contribution in [1.29, 1.82) is 0 Å². The number of aromatic nitrogens is 3. The van der Waals surface area contributed by atoms with Gasteiger partial charge >= 0.3 is 5.97 Å². The third kappa shape index (κ3) is 6.21. The lowest BCUT2D eigenvalue weighted by Crippen LogP contribution is -2.37. The number of hydrogen-bond donors (Lipinski definition) is 1. The van der Waals surface area contributed by atoms with Gasteiger partial charge in [0.05, 0.1) is 12.0 Å². The Labute approximate surface area is 229 Å². The monoisotopic (exact) mass is 554 g/mol. The SMILES string of the molecule is CC(C)c1nc2c(c(-c3ccc(F)cc3)c1/C=C/CC[C@@H](C)CC(=O)O)CCCN2S(=O)(=O)c1cn(C)cn1. The summed E-state index contributed by atoms with van der Waals surface area (Å²) in [7, 11) is -2.22. The standard InChI is InChI=1S/C29H35FN4O4S/c1-19(2)28-23(9-6-5-8-20(3)16-26(35)36)27(21-11-13-22(30)14-12-21)24-10-7-15-34(29(24)32-28)39(37,38)25-17-33(4)18-31-25/h6,9,11-14,17-20H,5,7-8,10,15-16H2,1-4H3,(H,35,36)/b9-6+/t20-/m1/s1. The molecule has 0 aliphatic carbocycles. The van der Waals surface area contributed by atoms with Crippen molar-refractivity contribution in [1.82, 2.24) is 14.5 Å². The van der Waals surface area contributed by atoms with Crippen LogP contribution in [0.5, 0.6) is 0 Å². The molecule has 0 bridgehead atoms. The molecule has 2 aromatic heterocycles. The minimum Gasteiger partial charge on any atom is -0.481 e. The molecule has 0 unspecified atom stereocenters. The minimum absolute atomic E-state index is 0.0265. The van der Waals surface area contributed by atoms with Gasteiger partial charge in [0.2, 0.25) is 0 Å². The summed E-state index contributed by atoms with van der Waals surface area (Å²) in [5, 5.41) is 9.02. The topological polar surface area (TPSA) is 105 Å². The molecule has 1 aliphatic rings. The van der Waals surface area contributed by atoms with E-state index in [1.165, 1.54) is 29.0 Å². The van der Waals surface area contributed by atoms with Crippen molar-refractivity contribution in [3.8, 4) is 11.1 Å². The van der Waals surface area contributed by atoms with E-state index in [1.807, 2.05) is 32.9 Å². The largest absolute Gasteiger partial charge is 0.481 e. The van der Waals surface area contributed by atoms with Crippen LogP contribution in [-0.4, -0.2) is 40.6 Å². The number of carbonyl (C=O) groups is 1. The van der Waals surface area contributed by atoms with Gasteiger partial charge in [0.1, 0.15) is 11.6 Å². The number of carboxylic acids is 1. The summed E-state index contributed by atoms with van der Waals surface area (Å²) < 4.78 is 44.2. The number of nitrogens with zero attached hydrogens (tertiary/aromatic N) is 4. The predicted molar refractivity (Wildman–Crippen MR) is 149 cm³/mol. The summed E-state index contributed by atoms with van der Waals surface area (Å²) in [5.41, 5.74) is 4.05. The number of imidazole rings is 1. The molecule has 10 heteroatoms. The van der Waals surface area contributed by atoms with E-state index in [0.29, 0.717) is 25.1 Å². The molecule has 0 radical (unpaired) electrons. The first-order chi connectivity index (χ1) is 18.5. The maximum absolute atomic E-state index is 13.9. The average molecular weight is 555 g/mol. The smallest absolute Gasteiger partial charge is 0.303 e. The van der Waals surface area contributed by atoms with Crippen LogP contribution < -0.4 is 4.31 Å². The Balaban J connectivity index is 1.87. The normalized spacial score (nSPS) is 14.7.